The number of aliphatic hydroxyl groups is 1. The van der Waals surface area contributed by atoms with Crippen LogP contribution in [0.3, 0.4) is 0 Å². The summed E-state index contributed by atoms with van der Waals surface area (Å²) in [5.74, 6) is -1.22. The first-order valence-electron chi connectivity index (χ1n) is 10.3. The number of nitrogens with zero attached hydrogens (tertiary/aromatic N) is 2. The lowest BCUT2D eigenvalue weighted by Gasteiger charge is -2.24. The molecule has 1 aliphatic rings. The number of amides is 1. The molecule has 1 saturated heterocycles. The Kier molecular flexibility index (Phi) is 6.26. The van der Waals surface area contributed by atoms with Gasteiger partial charge in [-0.3, -0.25) is 14.5 Å². The number of furan rings is 1. The maximum atomic E-state index is 13.2. The lowest BCUT2D eigenvalue weighted by Crippen LogP contribution is -2.29. The molecule has 0 bridgehead atoms. The largest absolute Gasteiger partial charge is 0.507 e. The minimum Gasteiger partial charge on any atom is -0.507 e. The van der Waals surface area contributed by atoms with E-state index in [1.54, 1.807) is 24.3 Å². The average Bonchev–Trinajstić information content (AvgIpc) is 3.45. The maximum absolute atomic E-state index is 13.2. The Morgan fingerprint density at radius 3 is 2.29 bits per heavy atom. The van der Waals surface area contributed by atoms with Crippen LogP contribution in [-0.2, 0) is 9.59 Å². The van der Waals surface area contributed by atoms with E-state index in [2.05, 4.69) is 0 Å². The van der Waals surface area contributed by atoms with E-state index >= 15 is 0 Å². The van der Waals surface area contributed by atoms with Gasteiger partial charge in [0.1, 0.15) is 29.1 Å². The smallest absolute Gasteiger partial charge is 0.300 e. The molecular formula is C25H23ClN2O6. The number of aliphatic hydroxyl groups excluding tert-OH is 1. The Labute approximate surface area is 201 Å². The summed E-state index contributed by atoms with van der Waals surface area (Å²) in [7, 11) is 6.66. The fraction of sp³-hybridized carbons (Fsp3) is 0.200. The number of hydrogen-bond donors (Lipinski definition) is 1. The van der Waals surface area contributed by atoms with Gasteiger partial charge < -0.3 is 23.9 Å². The van der Waals surface area contributed by atoms with Gasteiger partial charge in [0.15, 0.2) is 0 Å². The zero-order valence-corrected chi connectivity index (χ0v) is 19.8. The average molecular weight is 483 g/mol. The normalized spacial score (nSPS) is 17.2. The number of anilines is 2. The fourth-order valence-electron chi connectivity index (χ4n) is 3.92. The zero-order chi connectivity index (χ0) is 24.6. The Morgan fingerprint density at radius 1 is 1.06 bits per heavy atom. The second kappa shape index (κ2) is 9.15. The fourth-order valence-corrected chi connectivity index (χ4v) is 4.16. The van der Waals surface area contributed by atoms with Crippen molar-refractivity contribution in [2.45, 2.75) is 6.04 Å². The molecule has 9 heteroatoms. The van der Waals surface area contributed by atoms with Crippen LogP contribution < -0.4 is 19.3 Å². The number of carbonyl (C=O) groups is 2. The highest BCUT2D eigenvalue weighted by Gasteiger charge is 2.48. The van der Waals surface area contributed by atoms with Gasteiger partial charge in [-0.15, -0.1) is 0 Å². The highest BCUT2D eigenvalue weighted by Crippen LogP contribution is 2.45. The van der Waals surface area contributed by atoms with Crippen LogP contribution in [0.2, 0.25) is 5.02 Å². The summed E-state index contributed by atoms with van der Waals surface area (Å²) in [4.78, 5) is 29.7. The number of ketones is 1. The Balaban J connectivity index is 1.92. The third-order valence-electron chi connectivity index (χ3n) is 5.63. The van der Waals surface area contributed by atoms with Gasteiger partial charge in [0.25, 0.3) is 11.7 Å². The number of carbonyl (C=O) groups excluding carboxylic acids is 2. The minimum absolute atomic E-state index is 0.142. The molecule has 0 spiro atoms. The van der Waals surface area contributed by atoms with Crippen LogP contribution in [0.5, 0.6) is 11.5 Å². The molecule has 1 atom stereocenters. The number of halogens is 1. The van der Waals surface area contributed by atoms with E-state index in [1.807, 2.05) is 31.1 Å². The molecule has 176 valence electrons. The summed E-state index contributed by atoms with van der Waals surface area (Å²) in [5, 5.41) is 11.5. The molecule has 0 saturated carbocycles. The van der Waals surface area contributed by atoms with E-state index in [0.717, 1.165) is 5.69 Å². The Morgan fingerprint density at radius 2 is 1.74 bits per heavy atom. The van der Waals surface area contributed by atoms with Crippen LogP contribution in [0.1, 0.15) is 17.4 Å². The number of hydrogen-bond acceptors (Lipinski definition) is 7. The van der Waals surface area contributed by atoms with Crippen molar-refractivity contribution in [3.8, 4) is 11.5 Å². The Hall–Kier alpha value is -3.91. The highest BCUT2D eigenvalue weighted by molar-refractivity contribution is 6.51. The summed E-state index contributed by atoms with van der Waals surface area (Å²) >= 11 is 6.28. The topological polar surface area (TPSA) is 92.4 Å². The van der Waals surface area contributed by atoms with Crippen molar-refractivity contribution in [2.75, 3.05) is 38.1 Å². The van der Waals surface area contributed by atoms with E-state index in [9.17, 15) is 14.7 Å². The quantitative estimate of drug-likeness (QED) is 0.311. The summed E-state index contributed by atoms with van der Waals surface area (Å²) in [6.07, 6.45) is 1.44. The van der Waals surface area contributed by atoms with Crippen molar-refractivity contribution < 1.29 is 28.6 Å². The third-order valence-corrected chi connectivity index (χ3v) is 5.93. The van der Waals surface area contributed by atoms with E-state index in [4.69, 9.17) is 25.5 Å². The molecule has 0 aliphatic carbocycles. The standard InChI is InChI=1S/C25H23ClN2O6/c1-27(2)14-7-9-15(10-8-14)28-22(18-6-5-11-34-18)21(24(30)25(28)31)23(29)16-12-17(26)20(33-4)13-19(16)32-3/h5-13,22,29H,1-4H3/b23-21-. The molecule has 1 unspecified atom stereocenters. The number of Topliss-reactive ketones (excluding diaryl/α,β-unsaturated/α-hetero) is 1. The first-order valence-corrected chi connectivity index (χ1v) is 10.7. The summed E-state index contributed by atoms with van der Waals surface area (Å²) in [6, 6.07) is 12.4. The molecule has 4 rings (SSSR count). The summed E-state index contributed by atoms with van der Waals surface area (Å²) < 4.78 is 16.2. The van der Waals surface area contributed by atoms with Crippen LogP contribution >= 0.6 is 11.6 Å². The second-order valence-electron chi connectivity index (χ2n) is 7.78. The molecule has 2 heterocycles. The molecule has 0 radical (unpaired) electrons. The molecule has 2 aromatic carbocycles. The first-order chi connectivity index (χ1) is 16.3. The summed E-state index contributed by atoms with van der Waals surface area (Å²) in [6.45, 7) is 0. The van der Waals surface area contributed by atoms with Crippen molar-refractivity contribution >= 4 is 40.4 Å². The van der Waals surface area contributed by atoms with Gasteiger partial charge >= 0.3 is 0 Å². The predicted octanol–water partition coefficient (Wildman–Crippen LogP) is 4.64. The third kappa shape index (κ3) is 3.86. The maximum Gasteiger partial charge on any atom is 0.300 e. The molecular weight excluding hydrogens is 460 g/mol. The van der Waals surface area contributed by atoms with Crippen molar-refractivity contribution in [1.82, 2.24) is 0 Å². The molecule has 3 aromatic rings. The van der Waals surface area contributed by atoms with E-state index < -0.39 is 23.5 Å². The number of benzene rings is 2. The van der Waals surface area contributed by atoms with Crippen molar-refractivity contribution in [3.05, 3.63) is 76.7 Å². The molecule has 1 fully saturated rings. The van der Waals surface area contributed by atoms with E-state index in [-0.39, 0.29) is 21.9 Å². The monoisotopic (exact) mass is 482 g/mol. The van der Waals surface area contributed by atoms with Crippen LogP contribution in [0.25, 0.3) is 5.76 Å². The number of ether oxygens (including phenoxy) is 2. The van der Waals surface area contributed by atoms with Crippen LogP contribution in [-0.4, -0.2) is 45.1 Å². The highest BCUT2D eigenvalue weighted by atomic mass is 35.5. The molecule has 34 heavy (non-hydrogen) atoms. The van der Waals surface area contributed by atoms with E-state index in [1.165, 1.54) is 37.5 Å². The SMILES string of the molecule is COc1cc(OC)c(/C(O)=C2/C(=O)C(=O)N(c3ccc(N(C)C)cc3)C2c2ccco2)cc1Cl. The summed E-state index contributed by atoms with van der Waals surface area (Å²) in [5.41, 5.74) is 1.40. The van der Waals surface area contributed by atoms with Gasteiger partial charge in [-0.2, -0.15) is 0 Å². The van der Waals surface area contributed by atoms with Gasteiger partial charge in [-0.05, 0) is 42.5 Å². The molecule has 1 aliphatic heterocycles. The molecule has 1 aromatic heterocycles. The molecule has 8 nitrogen and oxygen atoms in total. The van der Waals surface area contributed by atoms with Gasteiger partial charge in [0.05, 0.1) is 36.6 Å². The molecule has 1 N–H and O–H groups in total. The van der Waals surface area contributed by atoms with Gasteiger partial charge in [0.2, 0.25) is 0 Å². The minimum atomic E-state index is -0.995. The van der Waals surface area contributed by atoms with Crippen LogP contribution in [0, 0.1) is 0 Å². The predicted molar refractivity (Wildman–Crippen MR) is 129 cm³/mol. The Bertz CT molecular complexity index is 1270. The van der Waals surface area contributed by atoms with Gasteiger partial charge in [-0.1, -0.05) is 11.6 Å². The molecule has 1 amide bonds. The first kappa shape index (κ1) is 23.3. The number of methoxy groups -OCH3 is 2. The van der Waals surface area contributed by atoms with Crippen molar-refractivity contribution in [3.63, 3.8) is 0 Å². The van der Waals surface area contributed by atoms with E-state index in [0.29, 0.717) is 17.2 Å². The zero-order valence-electron chi connectivity index (χ0n) is 19.0. The lowest BCUT2D eigenvalue weighted by atomic mass is 9.98. The van der Waals surface area contributed by atoms with Gasteiger partial charge in [-0.25, -0.2) is 0 Å². The second-order valence-corrected chi connectivity index (χ2v) is 8.19. The lowest BCUT2D eigenvalue weighted by molar-refractivity contribution is -0.132. The number of rotatable bonds is 6. The van der Waals surface area contributed by atoms with Crippen molar-refractivity contribution in [1.29, 1.82) is 0 Å². The van der Waals surface area contributed by atoms with Crippen molar-refractivity contribution in [2.24, 2.45) is 0 Å². The van der Waals surface area contributed by atoms with Crippen LogP contribution in [0.15, 0.2) is 64.8 Å². The van der Waals surface area contributed by atoms with Gasteiger partial charge in [0, 0.05) is 31.5 Å². The van der Waals surface area contributed by atoms with Crippen LogP contribution in [0.4, 0.5) is 11.4 Å².